The summed E-state index contributed by atoms with van der Waals surface area (Å²) in [7, 11) is 1.64. The molecule has 0 aliphatic carbocycles. The third-order valence-electron chi connectivity index (χ3n) is 5.61. The number of hydrogen-bond donors (Lipinski definition) is 0. The Morgan fingerprint density at radius 2 is 1.72 bits per heavy atom. The van der Waals surface area contributed by atoms with Crippen LogP contribution in [-0.4, -0.2) is 55.4 Å². The molecule has 2 aromatic rings. The number of rotatable bonds is 8. The maximum atomic E-state index is 11.5. The molecule has 2 aromatic carbocycles. The second-order valence-electron chi connectivity index (χ2n) is 7.45. The van der Waals surface area contributed by atoms with Crippen molar-refractivity contribution in [2.24, 2.45) is 5.10 Å². The quantitative estimate of drug-likeness (QED) is 0.645. The van der Waals surface area contributed by atoms with E-state index in [1.165, 1.54) is 30.9 Å². The first kappa shape index (κ1) is 19.5. The van der Waals surface area contributed by atoms with Gasteiger partial charge in [0.05, 0.1) is 18.9 Å². The molecule has 152 valence electrons. The fourth-order valence-electron chi connectivity index (χ4n) is 3.94. The maximum absolute atomic E-state index is 11.5. The minimum atomic E-state index is -0.0928. The standard InChI is InChI=1S/C23H27N3O3/c1-28-20-8-6-19(7-9-20)23-16-22(24-26(23)17-27)18-4-10-21(11-5-18)29-15-14-25-12-2-3-13-25/h4-11,17,23H,2-3,12-16H2,1H3. The first-order valence-electron chi connectivity index (χ1n) is 10.2. The summed E-state index contributed by atoms with van der Waals surface area (Å²) in [5, 5.41) is 6.02. The Morgan fingerprint density at radius 1 is 1.03 bits per heavy atom. The Hall–Kier alpha value is -2.86. The summed E-state index contributed by atoms with van der Waals surface area (Å²) in [6, 6.07) is 15.7. The van der Waals surface area contributed by atoms with Gasteiger partial charge in [-0.25, -0.2) is 5.01 Å². The van der Waals surface area contributed by atoms with Gasteiger partial charge < -0.3 is 9.47 Å². The molecule has 1 atom stereocenters. The number of hydrogen-bond acceptors (Lipinski definition) is 5. The number of carbonyl (C=O) groups excluding carboxylic acids is 1. The lowest BCUT2D eigenvalue weighted by atomic mass is 9.98. The highest BCUT2D eigenvalue weighted by atomic mass is 16.5. The number of hydrazone groups is 1. The van der Waals surface area contributed by atoms with Gasteiger partial charge in [0.2, 0.25) is 6.41 Å². The zero-order valence-corrected chi connectivity index (χ0v) is 16.8. The molecule has 1 amide bonds. The minimum absolute atomic E-state index is 0.0928. The lowest BCUT2D eigenvalue weighted by Crippen LogP contribution is -2.25. The number of benzene rings is 2. The molecule has 2 aliphatic rings. The van der Waals surface area contributed by atoms with Crippen LogP contribution in [0.2, 0.25) is 0 Å². The smallest absolute Gasteiger partial charge is 0.230 e. The highest BCUT2D eigenvalue weighted by molar-refractivity contribution is 6.02. The summed E-state index contributed by atoms with van der Waals surface area (Å²) >= 11 is 0. The normalized spacial score (nSPS) is 19.3. The third-order valence-corrected chi connectivity index (χ3v) is 5.61. The second kappa shape index (κ2) is 9.09. The van der Waals surface area contributed by atoms with Gasteiger partial charge in [0.25, 0.3) is 0 Å². The van der Waals surface area contributed by atoms with Crippen LogP contribution in [0.5, 0.6) is 11.5 Å². The summed E-state index contributed by atoms with van der Waals surface area (Å²) in [6.45, 7) is 4.06. The molecule has 0 N–H and O–H groups in total. The molecule has 0 bridgehead atoms. The molecule has 2 heterocycles. The van der Waals surface area contributed by atoms with Crippen molar-refractivity contribution in [3.8, 4) is 11.5 Å². The van der Waals surface area contributed by atoms with E-state index >= 15 is 0 Å². The van der Waals surface area contributed by atoms with E-state index in [0.29, 0.717) is 13.0 Å². The fraction of sp³-hybridized carbons (Fsp3) is 0.391. The summed E-state index contributed by atoms with van der Waals surface area (Å²) in [4.78, 5) is 14.0. The predicted octanol–water partition coefficient (Wildman–Crippen LogP) is 3.48. The van der Waals surface area contributed by atoms with Gasteiger partial charge in [0, 0.05) is 13.0 Å². The van der Waals surface area contributed by atoms with Crippen molar-refractivity contribution in [3.05, 3.63) is 59.7 Å². The van der Waals surface area contributed by atoms with Gasteiger partial charge in [0.1, 0.15) is 18.1 Å². The summed E-state index contributed by atoms with van der Waals surface area (Å²) in [6.07, 6.45) is 4.07. The molecule has 6 nitrogen and oxygen atoms in total. The fourth-order valence-corrected chi connectivity index (χ4v) is 3.94. The van der Waals surface area contributed by atoms with Crippen LogP contribution in [0, 0.1) is 0 Å². The lowest BCUT2D eigenvalue weighted by molar-refractivity contribution is -0.119. The molecule has 4 rings (SSSR count). The van der Waals surface area contributed by atoms with Crippen LogP contribution in [0.25, 0.3) is 0 Å². The Bertz CT molecular complexity index is 843. The van der Waals surface area contributed by atoms with E-state index in [-0.39, 0.29) is 6.04 Å². The number of methoxy groups -OCH3 is 1. The minimum Gasteiger partial charge on any atom is -0.497 e. The number of nitrogens with zero attached hydrogens (tertiary/aromatic N) is 3. The lowest BCUT2D eigenvalue weighted by Gasteiger charge is -2.17. The number of amides is 1. The molecule has 6 heteroatoms. The second-order valence-corrected chi connectivity index (χ2v) is 7.45. The molecular formula is C23H27N3O3. The van der Waals surface area contributed by atoms with Crippen molar-refractivity contribution < 1.29 is 14.3 Å². The first-order chi connectivity index (χ1) is 14.3. The molecule has 0 spiro atoms. The van der Waals surface area contributed by atoms with Gasteiger partial charge in [-0.15, -0.1) is 0 Å². The Kier molecular flexibility index (Phi) is 6.10. The third kappa shape index (κ3) is 4.59. The molecule has 0 saturated carbocycles. The van der Waals surface area contributed by atoms with Crippen LogP contribution < -0.4 is 9.47 Å². The van der Waals surface area contributed by atoms with Crippen molar-refractivity contribution in [2.45, 2.75) is 25.3 Å². The van der Waals surface area contributed by atoms with Gasteiger partial charge in [-0.1, -0.05) is 12.1 Å². The average molecular weight is 393 g/mol. The van der Waals surface area contributed by atoms with Crippen molar-refractivity contribution in [1.29, 1.82) is 0 Å². The molecular weight excluding hydrogens is 366 g/mol. The Labute approximate surface area is 171 Å². The molecule has 2 aliphatic heterocycles. The van der Waals surface area contributed by atoms with Crippen LogP contribution in [0.1, 0.15) is 36.4 Å². The van der Waals surface area contributed by atoms with Crippen molar-refractivity contribution in [1.82, 2.24) is 9.91 Å². The van der Waals surface area contributed by atoms with E-state index in [9.17, 15) is 4.79 Å². The number of carbonyl (C=O) groups is 1. The van der Waals surface area contributed by atoms with E-state index in [2.05, 4.69) is 10.0 Å². The topological polar surface area (TPSA) is 54.4 Å². The highest BCUT2D eigenvalue weighted by Gasteiger charge is 2.28. The SMILES string of the molecule is COc1ccc(C2CC(c3ccc(OCCN4CCCC4)cc3)=NN2C=O)cc1. The molecule has 1 unspecified atom stereocenters. The summed E-state index contributed by atoms with van der Waals surface area (Å²) < 4.78 is 11.1. The summed E-state index contributed by atoms with van der Waals surface area (Å²) in [5.74, 6) is 1.66. The van der Waals surface area contributed by atoms with Crippen LogP contribution in [0.15, 0.2) is 53.6 Å². The molecule has 29 heavy (non-hydrogen) atoms. The maximum Gasteiger partial charge on any atom is 0.230 e. The zero-order valence-electron chi connectivity index (χ0n) is 16.8. The first-order valence-corrected chi connectivity index (χ1v) is 10.2. The van der Waals surface area contributed by atoms with Gasteiger partial charge in [-0.3, -0.25) is 9.69 Å². The largest absolute Gasteiger partial charge is 0.497 e. The van der Waals surface area contributed by atoms with E-state index < -0.39 is 0 Å². The van der Waals surface area contributed by atoms with E-state index in [1.54, 1.807) is 7.11 Å². The molecule has 1 fully saturated rings. The van der Waals surface area contributed by atoms with Crippen molar-refractivity contribution in [3.63, 3.8) is 0 Å². The van der Waals surface area contributed by atoms with Gasteiger partial charge in [-0.05, 0) is 73.5 Å². The van der Waals surface area contributed by atoms with E-state index in [0.717, 1.165) is 41.3 Å². The Morgan fingerprint density at radius 3 is 2.38 bits per heavy atom. The van der Waals surface area contributed by atoms with Crippen LogP contribution in [-0.2, 0) is 4.79 Å². The van der Waals surface area contributed by atoms with Gasteiger partial charge in [-0.2, -0.15) is 5.10 Å². The number of likely N-dealkylation sites (tertiary alicyclic amines) is 1. The van der Waals surface area contributed by atoms with Crippen LogP contribution in [0.3, 0.4) is 0 Å². The van der Waals surface area contributed by atoms with Gasteiger partial charge >= 0.3 is 0 Å². The molecule has 0 radical (unpaired) electrons. The number of ether oxygens (including phenoxy) is 2. The van der Waals surface area contributed by atoms with Gasteiger partial charge in [0.15, 0.2) is 0 Å². The highest BCUT2D eigenvalue weighted by Crippen LogP contribution is 2.32. The van der Waals surface area contributed by atoms with Crippen LogP contribution in [0.4, 0.5) is 0 Å². The monoisotopic (exact) mass is 393 g/mol. The summed E-state index contributed by atoms with van der Waals surface area (Å²) in [5.41, 5.74) is 2.96. The molecule has 0 aromatic heterocycles. The Balaban J connectivity index is 1.37. The van der Waals surface area contributed by atoms with Crippen molar-refractivity contribution >= 4 is 12.1 Å². The zero-order chi connectivity index (χ0) is 20.1. The average Bonchev–Trinajstić information content (AvgIpc) is 3.44. The predicted molar refractivity (Wildman–Crippen MR) is 112 cm³/mol. The van der Waals surface area contributed by atoms with Crippen LogP contribution >= 0.6 is 0 Å². The molecule has 1 saturated heterocycles. The van der Waals surface area contributed by atoms with Crippen molar-refractivity contribution in [2.75, 3.05) is 33.4 Å². The van der Waals surface area contributed by atoms with E-state index in [4.69, 9.17) is 9.47 Å². The van der Waals surface area contributed by atoms with E-state index in [1.807, 2.05) is 48.5 Å².